The van der Waals surface area contributed by atoms with Crippen LogP contribution in [0.25, 0.3) is 0 Å². The molecule has 0 bridgehead atoms. The number of aliphatic imine (C=N–C) groups is 1. The summed E-state index contributed by atoms with van der Waals surface area (Å²) >= 11 is 6.40. The normalized spacial score (nSPS) is 21.6. The van der Waals surface area contributed by atoms with Crippen molar-refractivity contribution >= 4 is 35.1 Å². The van der Waals surface area contributed by atoms with Crippen LogP contribution in [0.5, 0.6) is 0 Å². The Morgan fingerprint density at radius 1 is 1.15 bits per heavy atom. The molecular weight excluding hydrogens is 526 g/mol. The zero-order chi connectivity index (χ0) is 29.0. The van der Waals surface area contributed by atoms with Crippen molar-refractivity contribution < 1.29 is 19.5 Å². The highest BCUT2D eigenvalue weighted by Crippen LogP contribution is 2.48. The van der Waals surface area contributed by atoms with E-state index in [1.165, 1.54) is 0 Å². The van der Waals surface area contributed by atoms with Crippen LogP contribution in [0, 0.1) is 18.8 Å². The number of aryl methyl sites for hydroxylation is 1. The monoisotopic (exact) mass is 565 g/mol. The molecule has 2 N–H and O–H groups in total. The maximum absolute atomic E-state index is 14.3. The van der Waals surface area contributed by atoms with Crippen molar-refractivity contribution in [1.29, 1.82) is 0 Å². The van der Waals surface area contributed by atoms with Gasteiger partial charge in [0.15, 0.2) is 0 Å². The van der Waals surface area contributed by atoms with Crippen molar-refractivity contribution in [1.82, 2.24) is 10.2 Å². The summed E-state index contributed by atoms with van der Waals surface area (Å²) < 4.78 is 0. The van der Waals surface area contributed by atoms with Crippen LogP contribution in [0.1, 0.15) is 98.8 Å². The Bertz CT molecular complexity index is 1260. The topological polar surface area (TPSA) is 99.1 Å². The number of aliphatic carboxylic acids is 1. The van der Waals surface area contributed by atoms with Gasteiger partial charge in [0.1, 0.15) is 11.4 Å². The third-order valence-electron chi connectivity index (χ3n) is 8.33. The zero-order valence-corrected chi connectivity index (χ0v) is 24.6. The van der Waals surface area contributed by atoms with E-state index in [9.17, 15) is 14.4 Å². The van der Waals surface area contributed by atoms with E-state index in [0.29, 0.717) is 28.1 Å². The van der Waals surface area contributed by atoms with Crippen LogP contribution in [0.2, 0.25) is 5.02 Å². The summed E-state index contributed by atoms with van der Waals surface area (Å²) in [7, 11) is 0. The van der Waals surface area contributed by atoms with Crippen molar-refractivity contribution in [2.75, 3.05) is 6.54 Å². The predicted octanol–water partition coefficient (Wildman–Crippen LogP) is 6.57. The lowest BCUT2D eigenvalue weighted by Crippen LogP contribution is -2.51. The lowest BCUT2D eigenvalue weighted by Gasteiger charge is -2.46. The smallest absolute Gasteiger partial charge is 0.305 e. The number of carboxylic acid groups (broad SMARTS) is 1. The van der Waals surface area contributed by atoms with Gasteiger partial charge in [-0.2, -0.15) is 0 Å². The van der Waals surface area contributed by atoms with Gasteiger partial charge in [-0.05, 0) is 92.3 Å². The minimum absolute atomic E-state index is 0.0691. The molecule has 1 aliphatic heterocycles. The molecule has 2 aromatic rings. The summed E-state index contributed by atoms with van der Waals surface area (Å²) in [4.78, 5) is 44.9. The van der Waals surface area contributed by atoms with E-state index in [1.807, 2.05) is 42.2 Å². The maximum atomic E-state index is 14.3. The molecule has 2 aliphatic rings. The third-order valence-corrected chi connectivity index (χ3v) is 8.55. The van der Waals surface area contributed by atoms with Crippen LogP contribution in [0.4, 0.5) is 0 Å². The Labute approximate surface area is 242 Å². The molecule has 4 rings (SSSR count). The maximum Gasteiger partial charge on any atom is 0.305 e. The fraction of sp³-hybridized carbons (Fsp3) is 0.500. The minimum atomic E-state index is -0.959. The lowest BCUT2D eigenvalue weighted by molar-refractivity contribution is -0.137. The van der Waals surface area contributed by atoms with E-state index in [2.05, 4.69) is 26.1 Å². The van der Waals surface area contributed by atoms with Gasteiger partial charge in [-0.3, -0.25) is 19.4 Å². The van der Waals surface area contributed by atoms with Gasteiger partial charge in [0, 0.05) is 22.7 Å². The molecule has 0 unspecified atom stereocenters. The molecule has 1 heterocycles. The zero-order valence-electron chi connectivity index (χ0n) is 23.9. The van der Waals surface area contributed by atoms with Crippen molar-refractivity contribution in [3.8, 4) is 0 Å². The van der Waals surface area contributed by atoms with Crippen LogP contribution in [0.15, 0.2) is 47.5 Å². The summed E-state index contributed by atoms with van der Waals surface area (Å²) in [6.07, 6.45) is 5.17. The largest absolute Gasteiger partial charge is 0.481 e. The predicted molar refractivity (Wildman–Crippen MR) is 158 cm³/mol. The van der Waals surface area contributed by atoms with Crippen LogP contribution < -0.4 is 5.32 Å². The van der Waals surface area contributed by atoms with Gasteiger partial charge >= 0.3 is 5.97 Å². The number of carbonyl (C=O) groups is 3. The van der Waals surface area contributed by atoms with Gasteiger partial charge in [-0.1, -0.05) is 50.9 Å². The van der Waals surface area contributed by atoms with Gasteiger partial charge in [-0.25, -0.2) is 0 Å². The van der Waals surface area contributed by atoms with E-state index in [1.54, 1.807) is 12.1 Å². The fourth-order valence-corrected chi connectivity index (χ4v) is 6.48. The summed E-state index contributed by atoms with van der Waals surface area (Å²) in [6, 6.07) is 12.8. The van der Waals surface area contributed by atoms with E-state index in [4.69, 9.17) is 21.7 Å². The summed E-state index contributed by atoms with van der Waals surface area (Å²) in [6.45, 7) is 8.68. The van der Waals surface area contributed by atoms with E-state index < -0.39 is 11.6 Å². The summed E-state index contributed by atoms with van der Waals surface area (Å²) in [5.41, 5.74) is 3.02. The molecule has 2 amide bonds. The second-order valence-corrected chi connectivity index (χ2v) is 12.0. The lowest BCUT2D eigenvalue weighted by atomic mass is 9.76. The molecule has 0 saturated heterocycles. The first-order chi connectivity index (χ1) is 19.0. The SMILES string of the molecule is CCC[C@H](c1ccc(C(=O)NCCC(=O)O)cc1)N1C(=O)C(c2cc(C)cc(Cl)c2)=NC12CCC(C(C)C)CC2. The number of carbonyl (C=O) groups excluding carboxylic acids is 2. The molecule has 0 aromatic heterocycles. The molecule has 214 valence electrons. The number of hydrogen-bond acceptors (Lipinski definition) is 4. The van der Waals surface area contributed by atoms with Crippen molar-refractivity contribution in [3.05, 3.63) is 69.7 Å². The minimum Gasteiger partial charge on any atom is -0.481 e. The number of hydrogen-bond donors (Lipinski definition) is 2. The molecule has 1 fully saturated rings. The van der Waals surface area contributed by atoms with E-state index >= 15 is 0 Å². The highest BCUT2D eigenvalue weighted by atomic mass is 35.5. The number of amides is 2. The van der Waals surface area contributed by atoms with Crippen LogP contribution in [0.3, 0.4) is 0 Å². The molecule has 1 atom stereocenters. The quantitative estimate of drug-likeness (QED) is 0.340. The van der Waals surface area contributed by atoms with E-state index in [0.717, 1.165) is 55.2 Å². The van der Waals surface area contributed by atoms with Crippen molar-refractivity contribution in [2.45, 2.75) is 84.3 Å². The summed E-state index contributed by atoms with van der Waals surface area (Å²) in [5, 5.41) is 12.1. The first-order valence-electron chi connectivity index (χ1n) is 14.4. The van der Waals surface area contributed by atoms with Gasteiger partial charge in [0.05, 0.1) is 12.5 Å². The summed E-state index contributed by atoms with van der Waals surface area (Å²) in [5.74, 6) is -0.151. The Balaban J connectivity index is 1.68. The fourth-order valence-electron chi connectivity index (χ4n) is 6.19. The van der Waals surface area contributed by atoms with Gasteiger partial charge in [0.25, 0.3) is 11.8 Å². The van der Waals surface area contributed by atoms with Crippen LogP contribution in [-0.2, 0) is 9.59 Å². The number of nitrogens with one attached hydrogen (secondary N) is 1. The highest BCUT2D eigenvalue weighted by Gasteiger charge is 2.51. The Kier molecular flexibility index (Phi) is 9.34. The van der Waals surface area contributed by atoms with Crippen molar-refractivity contribution in [2.24, 2.45) is 16.8 Å². The standard InChI is InChI=1S/C32H40ClN3O4/c1-5-6-27(23-7-9-24(10-8-23)30(39)34-16-13-28(37)38)36-31(40)29(25-17-21(4)18-26(33)19-25)35-32(36)14-11-22(12-15-32)20(2)3/h7-10,17-20,22,27H,5-6,11-16H2,1-4H3,(H,34,39)(H,37,38)/t22?,27-,32?/m1/s1. The molecule has 1 spiro atoms. The average molecular weight is 566 g/mol. The Morgan fingerprint density at radius 3 is 2.40 bits per heavy atom. The first-order valence-corrected chi connectivity index (χ1v) is 14.7. The molecule has 1 aliphatic carbocycles. The number of nitrogens with zero attached hydrogens (tertiary/aromatic N) is 2. The van der Waals surface area contributed by atoms with Crippen molar-refractivity contribution in [3.63, 3.8) is 0 Å². The Hall–Kier alpha value is -3.19. The molecule has 8 heteroatoms. The highest BCUT2D eigenvalue weighted by molar-refractivity contribution is 6.47. The molecule has 40 heavy (non-hydrogen) atoms. The van der Waals surface area contributed by atoms with E-state index in [-0.39, 0.29) is 30.8 Å². The first kappa shape index (κ1) is 29.8. The molecule has 0 radical (unpaired) electrons. The number of halogens is 1. The number of benzene rings is 2. The Morgan fingerprint density at radius 2 is 1.82 bits per heavy atom. The van der Waals surface area contributed by atoms with Crippen LogP contribution >= 0.6 is 11.6 Å². The second kappa shape index (κ2) is 12.5. The average Bonchev–Trinajstić information content (AvgIpc) is 3.18. The van der Waals surface area contributed by atoms with Gasteiger partial charge in [0.2, 0.25) is 0 Å². The van der Waals surface area contributed by atoms with Gasteiger partial charge < -0.3 is 15.3 Å². The molecule has 2 aromatic carbocycles. The second-order valence-electron chi connectivity index (χ2n) is 11.5. The molecule has 7 nitrogen and oxygen atoms in total. The van der Waals surface area contributed by atoms with Crippen LogP contribution in [-0.4, -0.2) is 45.7 Å². The van der Waals surface area contributed by atoms with Gasteiger partial charge in [-0.15, -0.1) is 0 Å². The number of rotatable bonds is 10. The number of carboxylic acids is 1. The molecule has 1 saturated carbocycles. The third kappa shape index (κ3) is 6.41. The molecular formula is C32H40ClN3O4.